The van der Waals surface area contributed by atoms with Gasteiger partial charge in [-0.15, -0.1) is 0 Å². The Balaban J connectivity index is 1.97. The van der Waals surface area contributed by atoms with Crippen molar-refractivity contribution < 1.29 is 19.1 Å². The molecule has 0 spiro atoms. The van der Waals surface area contributed by atoms with Crippen molar-refractivity contribution in [2.75, 3.05) is 6.79 Å². The number of hydrogen-bond donors (Lipinski definition) is 1. The lowest BCUT2D eigenvalue weighted by molar-refractivity contribution is 0.0452. The highest BCUT2D eigenvalue weighted by atomic mass is 16.7. The maximum absolute atomic E-state index is 13.2. The van der Waals surface area contributed by atoms with Crippen molar-refractivity contribution in [3.63, 3.8) is 0 Å². The second-order valence-electron chi connectivity index (χ2n) is 7.75. The summed E-state index contributed by atoms with van der Waals surface area (Å²) in [7, 11) is 0. The molecule has 0 aromatic heterocycles. The average molecular weight is 368 g/mol. The molecule has 142 valence electrons. The van der Waals surface area contributed by atoms with Crippen LogP contribution in [-0.2, 0) is 0 Å². The van der Waals surface area contributed by atoms with Crippen LogP contribution in [0.2, 0.25) is 0 Å². The van der Waals surface area contributed by atoms with Crippen LogP contribution in [0.5, 0.6) is 11.5 Å². The predicted octanol–water partition coefficient (Wildman–Crippen LogP) is 3.62. The Morgan fingerprint density at radius 1 is 0.889 bits per heavy atom. The molecule has 0 fully saturated rings. The molecule has 0 saturated heterocycles. The van der Waals surface area contributed by atoms with Gasteiger partial charge in [0.25, 0.3) is 11.8 Å². The van der Waals surface area contributed by atoms with Crippen molar-refractivity contribution in [3.05, 3.63) is 58.7 Å². The van der Waals surface area contributed by atoms with Crippen LogP contribution in [0.3, 0.4) is 0 Å². The normalized spacial score (nSPS) is 12.8. The Bertz CT molecular complexity index is 879. The Hall–Kier alpha value is -2.86. The molecule has 1 aliphatic heterocycles. The molecule has 0 radical (unpaired) electrons. The zero-order valence-corrected chi connectivity index (χ0v) is 16.3. The van der Waals surface area contributed by atoms with E-state index in [4.69, 9.17) is 9.47 Å². The van der Waals surface area contributed by atoms with E-state index >= 15 is 0 Å². The number of aryl methyl sites for hydroxylation is 2. The zero-order chi connectivity index (χ0) is 19.8. The highest BCUT2D eigenvalue weighted by Gasteiger charge is 2.29. The topological polar surface area (TPSA) is 67.9 Å². The summed E-state index contributed by atoms with van der Waals surface area (Å²) in [6.45, 7) is 9.64. The first-order valence-electron chi connectivity index (χ1n) is 8.78. The molecular formula is C21H24N2O4. The molecule has 6 nitrogen and oxygen atoms in total. The number of hydrazine groups is 1. The van der Waals surface area contributed by atoms with Gasteiger partial charge in [-0.2, -0.15) is 0 Å². The lowest BCUT2D eigenvalue weighted by Gasteiger charge is -2.30. The maximum Gasteiger partial charge on any atom is 0.275 e. The summed E-state index contributed by atoms with van der Waals surface area (Å²) in [5.74, 6) is 0.227. The largest absolute Gasteiger partial charge is 0.454 e. The summed E-state index contributed by atoms with van der Waals surface area (Å²) < 4.78 is 10.6. The minimum atomic E-state index is -0.486. The first-order chi connectivity index (χ1) is 12.6. The van der Waals surface area contributed by atoms with Gasteiger partial charge in [-0.1, -0.05) is 17.2 Å². The lowest BCUT2D eigenvalue weighted by Crippen LogP contribution is -2.54. The fraction of sp³-hybridized carbons (Fsp3) is 0.333. The van der Waals surface area contributed by atoms with Crippen molar-refractivity contribution in [1.82, 2.24) is 10.4 Å². The number of imide groups is 1. The average Bonchev–Trinajstić information content (AvgIpc) is 3.04. The molecule has 2 aromatic carbocycles. The number of benzene rings is 2. The molecule has 1 N–H and O–H groups in total. The molecule has 1 heterocycles. The van der Waals surface area contributed by atoms with Crippen LogP contribution < -0.4 is 14.9 Å². The van der Waals surface area contributed by atoms with Crippen LogP contribution in [0.4, 0.5) is 0 Å². The second-order valence-corrected chi connectivity index (χ2v) is 7.75. The van der Waals surface area contributed by atoms with Gasteiger partial charge >= 0.3 is 0 Å². The molecule has 0 atom stereocenters. The number of nitrogens with one attached hydrogen (secondary N) is 1. The molecule has 0 bridgehead atoms. The Morgan fingerprint density at radius 3 is 2.11 bits per heavy atom. The van der Waals surface area contributed by atoms with E-state index in [0.29, 0.717) is 22.6 Å². The number of carbonyl (C=O) groups is 2. The summed E-state index contributed by atoms with van der Waals surface area (Å²) in [5, 5.41) is 1.08. The molecule has 6 heteroatoms. The molecule has 0 saturated carbocycles. The van der Waals surface area contributed by atoms with E-state index in [-0.39, 0.29) is 6.79 Å². The van der Waals surface area contributed by atoms with Gasteiger partial charge < -0.3 is 9.47 Å². The summed E-state index contributed by atoms with van der Waals surface area (Å²) in [6, 6.07) is 10.4. The van der Waals surface area contributed by atoms with E-state index in [1.54, 1.807) is 30.3 Å². The molecule has 0 unspecified atom stereocenters. The van der Waals surface area contributed by atoms with Gasteiger partial charge in [-0.05, 0) is 65.0 Å². The van der Waals surface area contributed by atoms with Crippen molar-refractivity contribution in [1.29, 1.82) is 0 Å². The minimum Gasteiger partial charge on any atom is -0.454 e. The van der Waals surface area contributed by atoms with Crippen molar-refractivity contribution in [2.24, 2.45) is 0 Å². The first kappa shape index (κ1) is 18.9. The quantitative estimate of drug-likeness (QED) is 0.662. The molecule has 3 rings (SSSR count). The van der Waals surface area contributed by atoms with E-state index in [2.05, 4.69) is 5.43 Å². The number of hydrogen-bond acceptors (Lipinski definition) is 5. The number of rotatable bonds is 3. The number of amides is 2. The summed E-state index contributed by atoms with van der Waals surface area (Å²) in [4.78, 5) is 26.3. The monoisotopic (exact) mass is 368 g/mol. The van der Waals surface area contributed by atoms with Crippen molar-refractivity contribution in [2.45, 2.75) is 40.2 Å². The molecule has 2 amide bonds. The van der Waals surface area contributed by atoms with E-state index in [1.807, 2.05) is 40.7 Å². The summed E-state index contributed by atoms with van der Waals surface area (Å²) in [6.07, 6.45) is 0. The third-order valence-corrected chi connectivity index (χ3v) is 3.94. The minimum absolute atomic E-state index is 0.123. The van der Waals surface area contributed by atoms with Gasteiger partial charge in [0, 0.05) is 16.7 Å². The van der Waals surface area contributed by atoms with Gasteiger partial charge in [-0.25, -0.2) is 10.4 Å². The van der Waals surface area contributed by atoms with Crippen LogP contribution in [0, 0.1) is 13.8 Å². The molecule has 27 heavy (non-hydrogen) atoms. The SMILES string of the molecule is Cc1cc(C)cc(C(=O)N(NC(C)(C)C)C(=O)c2ccc3c(c2)OCO3)c1. The van der Waals surface area contributed by atoms with Crippen molar-refractivity contribution >= 4 is 11.8 Å². The van der Waals surface area contributed by atoms with Gasteiger partial charge in [-0.3, -0.25) is 9.59 Å². The lowest BCUT2D eigenvalue weighted by atomic mass is 10.1. The van der Waals surface area contributed by atoms with Gasteiger partial charge in [0.05, 0.1) is 0 Å². The molecule has 0 aliphatic carbocycles. The van der Waals surface area contributed by atoms with E-state index in [9.17, 15) is 9.59 Å². The summed E-state index contributed by atoms with van der Waals surface area (Å²) >= 11 is 0. The standard InChI is InChI=1S/C21H24N2O4/c1-13-8-14(2)10-16(9-13)20(25)23(22-21(3,4)5)19(24)15-6-7-17-18(11-15)27-12-26-17/h6-11,22H,12H2,1-5H3. The third-order valence-electron chi connectivity index (χ3n) is 3.94. The fourth-order valence-corrected chi connectivity index (χ4v) is 2.92. The number of carbonyl (C=O) groups excluding carboxylic acids is 2. The Morgan fingerprint density at radius 2 is 1.48 bits per heavy atom. The van der Waals surface area contributed by atoms with Crippen LogP contribution in [0.1, 0.15) is 52.6 Å². The van der Waals surface area contributed by atoms with Gasteiger partial charge in [0.15, 0.2) is 11.5 Å². The predicted molar refractivity (Wildman–Crippen MR) is 102 cm³/mol. The maximum atomic E-state index is 13.2. The molecule has 2 aromatic rings. The van der Waals surface area contributed by atoms with E-state index in [0.717, 1.165) is 16.1 Å². The van der Waals surface area contributed by atoms with E-state index in [1.165, 1.54) is 0 Å². The van der Waals surface area contributed by atoms with Gasteiger partial charge in [0.1, 0.15) is 0 Å². The summed E-state index contributed by atoms with van der Waals surface area (Å²) in [5.41, 5.74) is 5.26. The smallest absolute Gasteiger partial charge is 0.275 e. The number of fused-ring (bicyclic) bond motifs is 1. The number of nitrogens with zero attached hydrogens (tertiary/aromatic N) is 1. The fourth-order valence-electron chi connectivity index (χ4n) is 2.92. The molecular weight excluding hydrogens is 344 g/mol. The Labute approximate surface area is 159 Å². The third kappa shape index (κ3) is 4.28. The van der Waals surface area contributed by atoms with Crippen molar-refractivity contribution in [3.8, 4) is 11.5 Å². The van der Waals surface area contributed by atoms with E-state index < -0.39 is 17.4 Å². The highest BCUT2D eigenvalue weighted by molar-refractivity contribution is 6.10. The van der Waals surface area contributed by atoms with Crippen LogP contribution >= 0.6 is 0 Å². The Kier molecular flexibility index (Phi) is 4.93. The second kappa shape index (κ2) is 7.04. The van der Waals surface area contributed by atoms with Gasteiger partial charge in [0.2, 0.25) is 6.79 Å². The highest BCUT2D eigenvalue weighted by Crippen LogP contribution is 2.33. The van der Waals surface area contributed by atoms with Crippen LogP contribution in [0.25, 0.3) is 0 Å². The molecule has 1 aliphatic rings. The zero-order valence-electron chi connectivity index (χ0n) is 16.3. The number of ether oxygens (including phenoxy) is 2. The first-order valence-corrected chi connectivity index (χ1v) is 8.78. The van der Waals surface area contributed by atoms with Crippen LogP contribution in [-0.4, -0.2) is 29.2 Å². The van der Waals surface area contributed by atoms with Crippen LogP contribution in [0.15, 0.2) is 36.4 Å².